The topological polar surface area (TPSA) is 82.3 Å². The number of hydrogen-bond donors (Lipinski definition) is 0. The number of ether oxygens (including phenoxy) is 1. The average Bonchev–Trinajstić information content (AvgIpc) is 2.25. The van der Waals surface area contributed by atoms with Gasteiger partial charge in [-0.15, -0.1) is 0 Å². The average molecular weight is 263 g/mol. The summed E-state index contributed by atoms with van der Waals surface area (Å²) in [5, 5.41) is 10.9. The Balaban J connectivity index is 2.88. The second-order valence-corrected chi connectivity index (χ2v) is 3.93. The molecule has 1 aromatic rings. The molecule has 0 unspecified atom stereocenters. The highest BCUT2D eigenvalue weighted by molar-refractivity contribution is 8.00. The van der Waals surface area contributed by atoms with Gasteiger partial charge in [0.05, 0.1) is 17.8 Å². The third kappa shape index (κ3) is 3.35. The van der Waals surface area contributed by atoms with Crippen molar-refractivity contribution in [2.45, 2.75) is 5.03 Å². The van der Waals surface area contributed by atoms with Crippen LogP contribution in [-0.4, -0.2) is 28.7 Å². The van der Waals surface area contributed by atoms with E-state index in [-0.39, 0.29) is 21.6 Å². The van der Waals surface area contributed by atoms with Gasteiger partial charge in [-0.2, -0.15) is 0 Å². The van der Waals surface area contributed by atoms with Crippen LogP contribution in [0, 0.1) is 10.1 Å². The lowest BCUT2D eigenvalue weighted by Crippen LogP contribution is -2.04. The Labute approximate surface area is 100 Å². The van der Waals surface area contributed by atoms with E-state index in [0.717, 1.165) is 11.8 Å². The van der Waals surface area contributed by atoms with Crippen LogP contribution in [0.3, 0.4) is 0 Å². The van der Waals surface area contributed by atoms with Gasteiger partial charge in [0.2, 0.25) is 0 Å². The predicted octanol–water partition coefficient (Wildman–Crippen LogP) is 1.91. The minimum atomic E-state index is -0.580. The highest BCUT2D eigenvalue weighted by Gasteiger charge is 2.17. The molecule has 0 spiro atoms. The lowest BCUT2D eigenvalue weighted by Gasteiger charge is -2.01. The molecule has 0 fully saturated rings. The molecule has 16 heavy (non-hydrogen) atoms. The summed E-state index contributed by atoms with van der Waals surface area (Å²) in [4.78, 5) is 24.7. The molecule has 0 amide bonds. The molecule has 0 radical (unpaired) electrons. The van der Waals surface area contributed by atoms with E-state index >= 15 is 0 Å². The van der Waals surface area contributed by atoms with Gasteiger partial charge in [0.1, 0.15) is 5.15 Å². The van der Waals surface area contributed by atoms with E-state index in [1.54, 1.807) is 0 Å². The maximum absolute atomic E-state index is 10.9. The number of pyridine rings is 1. The smallest absolute Gasteiger partial charge is 0.316 e. The van der Waals surface area contributed by atoms with E-state index in [0.29, 0.717) is 0 Å². The van der Waals surface area contributed by atoms with Crippen molar-refractivity contribution in [3.8, 4) is 0 Å². The summed E-state index contributed by atoms with van der Waals surface area (Å²) in [6, 6.07) is 2.57. The molecule has 8 heteroatoms. The van der Waals surface area contributed by atoms with Crippen molar-refractivity contribution >= 4 is 35.0 Å². The van der Waals surface area contributed by atoms with Crippen molar-refractivity contribution in [3.05, 3.63) is 27.4 Å². The Morgan fingerprint density at radius 3 is 2.94 bits per heavy atom. The summed E-state index contributed by atoms with van der Waals surface area (Å²) < 4.78 is 4.41. The van der Waals surface area contributed by atoms with Crippen LogP contribution in [0.4, 0.5) is 5.69 Å². The lowest BCUT2D eigenvalue weighted by atomic mass is 10.4. The Bertz CT molecular complexity index is 426. The second-order valence-electron chi connectivity index (χ2n) is 2.58. The minimum absolute atomic E-state index is 0.0509. The van der Waals surface area contributed by atoms with Gasteiger partial charge < -0.3 is 4.74 Å². The van der Waals surface area contributed by atoms with Crippen molar-refractivity contribution < 1.29 is 14.5 Å². The Hall–Kier alpha value is -1.34. The van der Waals surface area contributed by atoms with Gasteiger partial charge in [-0.1, -0.05) is 23.4 Å². The van der Waals surface area contributed by atoms with Crippen molar-refractivity contribution in [2.24, 2.45) is 0 Å². The molecule has 86 valence electrons. The van der Waals surface area contributed by atoms with E-state index in [2.05, 4.69) is 9.72 Å². The van der Waals surface area contributed by atoms with Crippen LogP contribution in [0.1, 0.15) is 0 Å². The van der Waals surface area contributed by atoms with Crippen molar-refractivity contribution in [1.29, 1.82) is 0 Å². The number of nitrogens with zero attached hydrogens (tertiary/aromatic N) is 2. The number of methoxy groups -OCH3 is 1. The number of hydrogen-bond acceptors (Lipinski definition) is 6. The van der Waals surface area contributed by atoms with E-state index in [4.69, 9.17) is 11.6 Å². The number of esters is 1. The van der Waals surface area contributed by atoms with Gasteiger partial charge >= 0.3 is 11.7 Å². The number of aromatic nitrogens is 1. The van der Waals surface area contributed by atoms with E-state index in [1.165, 1.54) is 19.2 Å². The van der Waals surface area contributed by atoms with Crippen LogP contribution in [-0.2, 0) is 9.53 Å². The zero-order valence-electron chi connectivity index (χ0n) is 8.18. The monoisotopic (exact) mass is 262 g/mol. The van der Waals surface area contributed by atoms with Crippen molar-refractivity contribution in [3.63, 3.8) is 0 Å². The molecule has 0 aromatic carbocycles. The fourth-order valence-corrected chi connectivity index (χ4v) is 1.87. The molecule has 1 aromatic heterocycles. The largest absolute Gasteiger partial charge is 0.468 e. The summed E-state index contributed by atoms with van der Waals surface area (Å²) in [7, 11) is 1.24. The fraction of sp³-hybridized carbons (Fsp3) is 0.250. The normalized spacial score (nSPS) is 9.88. The number of thioether (sulfide) groups is 1. The first kappa shape index (κ1) is 12.7. The minimum Gasteiger partial charge on any atom is -0.468 e. The molecule has 0 saturated carbocycles. The molecule has 0 aliphatic carbocycles. The van der Waals surface area contributed by atoms with E-state index < -0.39 is 10.9 Å². The third-order valence-electron chi connectivity index (χ3n) is 1.56. The summed E-state index contributed by atoms with van der Waals surface area (Å²) >= 11 is 6.52. The summed E-state index contributed by atoms with van der Waals surface area (Å²) in [5.74, 6) is -0.536. The Morgan fingerprint density at radius 1 is 1.69 bits per heavy atom. The van der Waals surface area contributed by atoms with Crippen molar-refractivity contribution in [1.82, 2.24) is 4.98 Å². The van der Waals surface area contributed by atoms with Gasteiger partial charge in [0.15, 0.2) is 5.03 Å². The number of halogens is 1. The molecule has 0 aliphatic heterocycles. The van der Waals surface area contributed by atoms with Gasteiger partial charge in [0.25, 0.3) is 0 Å². The predicted molar refractivity (Wildman–Crippen MR) is 58.6 cm³/mol. The molecular weight excluding hydrogens is 256 g/mol. The fourth-order valence-electron chi connectivity index (χ4n) is 0.842. The third-order valence-corrected chi connectivity index (χ3v) is 2.72. The molecule has 1 heterocycles. The van der Waals surface area contributed by atoms with Crippen molar-refractivity contribution in [2.75, 3.05) is 12.9 Å². The molecule has 0 saturated heterocycles. The van der Waals surface area contributed by atoms with E-state index in [9.17, 15) is 14.9 Å². The van der Waals surface area contributed by atoms with Gasteiger partial charge in [-0.25, -0.2) is 4.98 Å². The molecule has 0 atom stereocenters. The molecule has 0 bridgehead atoms. The maximum Gasteiger partial charge on any atom is 0.316 e. The summed E-state index contributed by atoms with van der Waals surface area (Å²) in [6.07, 6.45) is 0. The van der Waals surface area contributed by atoms with E-state index in [1.807, 2.05) is 0 Å². The number of carbonyl (C=O) groups is 1. The summed E-state index contributed by atoms with van der Waals surface area (Å²) in [6.45, 7) is 0. The van der Waals surface area contributed by atoms with Gasteiger partial charge in [-0.3, -0.25) is 14.9 Å². The Morgan fingerprint density at radius 2 is 2.38 bits per heavy atom. The second kappa shape index (κ2) is 5.66. The first-order valence-corrected chi connectivity index (χ1v) is 5.41. The van der Waals surface area contributed by atoms with Crippen LogP contribution >= 0.6 is 23.4 Å². The van der Waals surface area contributed by atoms with Crippen LogP contribution in [0.15, 0.2) is 17.2 Å². The molecule has 0 aliphatic rings. The molecule has 1 rings (SSSR count). The van der Waals surface area contributed by atoms with Crippen LogP contribution in [0.5, 0.6) is 0 Å². The molecule has 6 nitrogen and oxygen atoms in total. The van der Waals surface area contributed by atoms with Crippen LogP contribution in [0.2, 0.25) is 5.15 Å². The molecular formula is C8H7ClN2O4S. The van der Waals surface area contributed by atoms with Crippen LogP contribution in [0.25, 0.3) is 0 Å². The lowest BCUT2D eigenvalue weighted by molar-refractivity contribution is -0.388. The highest BCUT2D eigenvalue weighted by Crippen LogP contribution is 2.28. The highest BCUT2D eigenvalue weighted by atomic mass is 35.5. The Kier molecular flexibility index (Phi) is 4.51. The first-order chi connectivity index (χ1) is 7.54. The molecule has 0 N–H and O–H groups in total. The number of nitro groups is 1. The maximum atomic E-state index is 10.9. The van der Waals surface area contributed by atoms with Crippen LogP contribution < -0.4 is 0 Å². The first-order valence-electron chi connectivity index (χ1n) is 4.05. The quantitative estimate of drug-likeness (QED) is 0.271. The number of rotatable bonds is 4. The van der Waals surface area contributed by atoms with Gasteiger partial charge in [0, 0.05) is 6.07 Å². The number of carbonyl (C=O) groups excluding carboxylic acids is 1. The zero-order chi connectivity index (χ0) is 12.1. The SMILES string of the molecule is COC(=O)CSc1nc(Cl)ccc1[N+](=O)[O-]. The zero-order valence-corrected chi connectivity index (χ0v) is 9.75. The van der Waals surface area contributed by atoms with Gasteiger partial charge in [-0.05, 0) is 6.07 Å². The summed E-state index contributed by atoms with van der Waals surface area (Å²) in [5.41, 5.74) is -0.182. The standard InChI is InChI=1S/C8H7ClN2O4S/c1-15-7(12)4-16-8-5(11(13)14)2-3-6(9)10-8/h2-3H,4H2,1H3.